The highest BCUT2D eigenvalue weighted by Crippen LogP contribution is 2.04. The molecule has 5 nitrogen and oxygen atoms in total. The summed E-state index contributed by atoms with van der Waals surface area (Å²) < 4.78 is 0. The number of hydrogen-bond donors (Lipinski definition) is 2. The molecule has 0 fully saturated rings. The number of anilines is 1. The zero-order valence-electron chi connectivity index (χ0n) is 10.4. The molecule has 5 heteroatoms. The number of hydrogen-bond acceptors (Lipinski definition) is 4. The molecule has 0 unspecified atom stereocenters. The SMILES string of the molecule is C=CCNc1cnc(C(=O)NC(C)(C)C)cn1. The fourth-order valence-electron chi connectivity index (χ4n) is 1.12. The maximum absolute atomic E-state index is 11.7. The maximum Gasteiger partial charge on any atom is 0.271 e. The molecule has 1 aromatic heterocycles. The van der Waals surface area contributed by atoms with Crippen molar-refractivity contribution in [3.05, 3.63) is 30.7 Å². The maximum atomic E-state index is 11.7. The molecule has 0 bridgehead atoms. The molecule has 1 heterocycles. The number of carbonyl (C=O) groups is 1. The van der Waals surface area contributed by atoms with Crippen LogP contribution in [-0.2, 0) is 0 Å². The first-order valence-electron chi connectivity index (χ1n) is 5.42. The van der Waals surface area contributed by atoms with E-state index in [-0.39, 0.29) is 11.4 Å². The zero-order valence-corrected chi connectivity index (χ0v) is 10.4. The molecular weight excluding hydrogens is 216 g/mol. The molecule has 0 aliphatic carbocycles. The van der Waals surface area contributed by atoms with Gasteiger partial charge in [0, 0.05) is 12.1 Å². The molecule has 0 aliphatic rings. The van der Waals surface area contributed by atoms with Gasteiger partial charge >= 0.3 is 0 Å². The van der Waals surface area contributed by atoms with E-state index >= 15 is 0 Å². The highest BCUT2D eigenvalue weighted by Gasteiger charge is 2.16. The summed E-state index contributed by atoms with van der Waals surface area (Å²) in [7, 11) is 0. The van der Waals surface area contributed by atoms with Crippen molar-refractivity contribution < 1.29 is 4.79 Å². The summed E-state index contributed by atoms with van der Waals surface area (Å²) in [6, 6.07) is 0. The van der Waals surface area contributed by atoms with Crippen molar-refractivity contribution >= 4 is 11.7 Å². The Bertz CT molecular complexity index is 392. The van der Waals surface area contributed by atoms with E-state index in [1.807, 2.05) is 20.8 Å². The number of carbonyl (C=O) groups excluding carboxylic acids is 1. The predicted octanol–water partition coefficient (Wildman–Crippen LogP) is 1.60. The van der Waals surface area contributed by atoms with Crippen LogP contribution in [0.2, 0.25) is 0 Å². The van der Waals surface area contributed by atoms with E-state index in [1.165, 1.54) is 12.4 Å². The molecule has 17 heavy (non-hydrogen) atoms. The summed E-state index contributed by atoms with van der Waals surface area (Å²) in [5.74, 6) is 0.400. The van der Waals surface area contributed by atoms with E-state index in [1.54, 1.807) is 6.08 Å². The molecular formula is C12H18N4O. The minimum absolute atomic E-state index is 0.222. The monoisotopic (exact) mass is 234 g/mol. The Morgan fingerprint density at radius 2 is 2.12 bits per heavy atom. The van der Waals surface area contributed by atoms with E-state index < -0.39 is 0 Å². The summed E-state index contributed by atoms with van der Waals surface area (Å²) in [6.45, 7) is 9.95. The lowest BCUT2D eigenvalue weighted by Gasteiger charge is -2.19. The number of amides is 1. The molecule has 0 radical (unpaired) electrons. The Kier molecular flexibility index (Phi) is 4.20. The molecule has 0 saturated heterocycles. The van der Waals surface area contributed by atoms with Crippen molar-refractivity contribution in [3.8, 4) is 0 Å². The lowest BCUT2D eigenvalue weighted by atomic mass is 10.1. The molecule has 0 aliphatic heterocycles. The van der Waals surface area contributed by atoms with Gasteiger partial charge < -0.3 is 10.6 Å². The first kappa shape index (κ1) is 13.2. The van der Waals surface area contributed by atoms with Gasteiger partial charge in [-0.05, 0) is 20.8 Å². The second-order valence-corrected chi connectivity index (χ2v) is 4.66. The van der Waals surface area contributed by atoms with Gasteiger partial charge in [0.1, 0.15) is 11.5 Å². The normalized spacial score (nSPS) is 10.8. The van der Waals surface area contributed by atoms with Crippen LogP contribution >= 0.6 is 0 Å². The van der Waals surface area contributed by atoms with Crippen molar-refractivity contribution in [3.63, 3.8) is 0 Å². The van der Waals surface area contributed by atoms with Gasteiger partial charge in [-0.25, -0.2) is 9.97 Å². The fourth-order valence-corrected chi connectivity index (χ4v) is 1.12. The van der Waals surface area contributed by atoms with Gasteiger partial charge in [-0.2, -0.15) is 0 Å². The molecule has 0 atom stereocenters. The molecule has 92 valence electrons. The van der Waals surface area contributed by atoms with Crippen LogP contribution in [0.4, 0.5) is 5.82 Å². The van der Waals surface area contributed by atoms with E-state index in [9.17, 15) is 4.79 Å². The quantitative estimate of drug-likeness (QED) is 0.777. The number of aromatic nitrogens is 2. The molecule has 1 amide bonds. The Morgan fingerprint density at radius 1 is 1.41 bits per heavy atom. The zero-order chi connectivity index (χ0) is 12.9. The summed E-state index contributed by atoms with van der Waals surface area (Å²) >= 11 is 0. The summed E-state index contributed by atoms with van der Waals surface area (Å²) in [6.07, 6.45) is 4.70. The fraction of sp³-hybridized carbons (Fsp3) is 0.417. The molecule has 2 N–H and O–H groups in total. The minimum Gasteiger partial charge on any atom is -0.365 e. The Morgan fingerprint density at radius 3 is 2.59 bits per heavy atom. The van der Waals surface area contributed by atoms with Gasteiger partial charge in [0.05, 0.1) is 12.4 Å². The van der Waals surface area contributed by atoms with Gasteiger partial charge in [-0.3, -0.25) is 4.79 Å². The number of nitrogens with zero attached hydrogens (tertiary/aromatic N) is 2. The Hall–Kier alpha value is -1.91. The van der Waals surface area contributed by atoms with Crippen molar-refractivity contribution in [2.24, 2.45) is 0 Å². The third-order valence-electron chi connectivity index (χ3n) is 1.80. The third-order valence-corrected chi connectivity index (χ3v) is 1.80. The van der Waals surface area contributed by atoms with Crippen LogP contribution in [0.15, 0.2) is 25.0 Å². The topological polar surface area (TPSA) is 66.9 Å². The number of rotatable bonds is 4. The van der Waals surface area contributed by atoms with Crippen LogP contribution in [0.3, 0.4) is 0 Å². The highest BCUT2D eigenvalue weighted by atomic mass is 16.2. The second-order valence-electron chi connectivity index (χ2n) is 4.66. The van der Waals surface area contributed by atoms with Crippen LogP contribution in [0.25, 0.3) is 0 Å². The summed E-state index contributed by atoms with van der Waals surface area (Å²) in [5.41, 5.74) is 0.0301. The van der Waals surface area contributed by atoms with Crippen LogP contribution in [0.5, 0.6) is 0 Å². The third kappa shape index (κ3) is 4.63. The van der Waals surface area contributed by atoms with E-state index in [0.29, 0.717) is 18.1 Å². The average Bonchev–Trinajstić information content (AvgIpc) is 2.24. The number of nitrogens with one attached hydrogen (secondary N) is 2. The Labute approximate surface area is 101 Å². The summed E-state index contributed by atoms with van der Waals surface area (Å²) in [5, 5.41) is 5.81. The molecule has 0 spiro atoms. The van der Waals surface area contributed by atoms with E-state index in [0.717, 1.165) is 0 Å². The standard InChI is InChI=1S/C12H18N4O/c1-5-6-13-10-8-14-9(7-15-10)11(17)16-12(2,3)4/h5,7-8H,1,6H2,2-4H3,(H,13,15)(H,16,17). The van der Waals surface area contributed by atoms with Crippen molar-refractivity contribution in [2.45, 2.75) is 26.3 Å². The lowest BCUT2D eigenvalue weighted by molar-refractivity contribution is 0.0914. The van der Waals surface area contributed by atoms with Gasteiger partial charge in [-0.1, -0.05) is 6.08 Å². The van der Waals surface area contributed by atoms with Gasteiger partial charge in [0.25, 0.3) is 5.91 Å². The van der Waals surface area contributed by atoms with Crippen molar-refractivity contribution in [1.29, 1.82) is 0 Å². The molecule has 0 aromatic carbocycles. The van der Waals surface area contributed by atoms with Crippen molar-refractivity contribution in [2.75, 3.05) is 11.9 Å². The Balaban J connectivity index is 2.67. The van der Waals surface area contributed by atoms with Crippen LogP contribution in [0.1, 0.15) is 31.3 Å². The molecule has 1 aromatic rings. The van der Waals surface area contributed by atoms with E-state index in [2.05, 4.69) is 27.2 Å². The average molecular weight is 234 g/mol. The molecule has 0 saturated carbocycles. The van der Waals surface area contributed by atoms with E-state index in [4.69, 9.17) is 0 Å². The van der Waals surface area contributed by atoms with Gasteiger partial charge in [0.15, 0.2) is 0 Å². The second kappa shape index (κ2) is 5.43. The van der Waals surface area contributed by atoms with Crippen LogP contribution in [0, 0.1) is 0 Å². The minimum atomic E-state index is -0.279. The molecule has 1 rings (SSSR count). The summed E-state index contributed by atoms with van der Waals surface area (Å²) in [4.78, 5) is 19.9. The first-order chi connectivity index (χ1) is 7.92. The first-order valence-corrected chi connectivity index (χ1v) is 5.42. The predicted molar refractivity (Wildman–Crippen MR) is 67.9 cm³/mol. The van der Waals surface area contributed by atoms with Crippen LogP contribution < -0.4 is 10.6 Å². The van der Waals surface area contributed by atoms with Crippen LogP contribution in [-0.4, -0.2) is 28.0 Å². The highest BCUT2D eigenvalue weighted by molar-refractivity contribution is 5.92. The van der Waals surface area contributed by atoms with Crippen molar-refractivity contribution in [1.82, 2.24) is 15.3 Å². The van der Waals surface area contributed by atoms with Gasteiger partial charge in [-0.15, -0.1) is 6.58 Å². The van der Waals surface area contributed by atoms with Gasteiger partial charge in [0.2, 0.25) is 0 Å². The largest absolute Gasteiger partial charge is 0.365 e. The smallest absolute Gasteiger partial charge is 0.271 e. The lowest BCUT2D eigenvalue weighted by Crippen LogP contribution is -2.40.